The third-order valence-corrected chi connectivity index (χ3v) is 4.97. The number of thiocarbonyl (C=S) groups is 1. The van der Waals surface area contributed by atoms with Crippen LogP contribution in [-0.2, 0) is 4.79 Å². The van der Waals surface area contributed by atoms with Crippen LogP contribution in [0.1, 0.15) is 12.8 Å². The Labute approximate surface area is 134 Å². The Hall–Kier alpha value is -1.59. The number of hydrogen-bond donors (Lipinski definition) is 0. The number of carbonyl (C=O) groups excluding carboxylic acids is 1. The van der Waals surface area contributed by atoms with Crippen LogP contribution in [0.5, 0.6) is 0 Å². The van der Waals surface area contributed by atoms with Gasteiger partial charge in [-0.2, -0.15) is 0 Å². The third kappa shape index (κ3) is 2.89. The van der Waals surface area contributed by atoms with Gasteiger partial charge < -0.3 is 4.90 Å². The van der Waals surface area contributed by atoms with Crippen LogP contribution in [0.3, 0.4) is 0 Å². The van der Waals surface area contributed by atoms with Gasteiger partial charge in [-0.25, -0.2) is 0 Å². The van der Waals surface area contributed by atoms with Gasteiger partial charge in [-0.15, -0.1) is 0 Å². The number of thioether (sulfide) groups is 1. The van der Waals surface area contributed by atoms with Crippen molar-refractivity contribution in [2.45, 2.75) is 12.8 Å². The molecule has 21 heavy (non-hydrogen) atoms. The second-order valence-electron chi connectivity index (χ2n) is 5.06. The highest BCUT2D eigenvalue weighted by Gasteiger charge is 2.32. The van der Waals surface area contributed by atoms with E-state index < -0.39 is 0 Å². The minimum atomic E-state index is -0.0336. The number of allylic oxidation sites excluding steroid dienone is 3. The number of nitrogens with zero attached hydrogens (tertiary/aromatic N) is 2. The predicted octanol–water partition coefficient (Wildman–Crippen LogP) is 3.54. The first kappa shape index (κ1) is 14.4. The Bertz CT molecular complexity index is 637. The van der Waals surface area contributed by atoms with Gasteiger partial charge in [-0.1, -0.05) is 42.2 Å². The molecule has 0 N–H and O–H groups in total. The summed E-state index contributed by atoms with van der Waals surface area (Å²) in [5.41, 5.74) is 2.11. The number of likely N-dealkylation sites (tertiary alicyclic amines) is 1. The van der Waals surface area contributed by atoms with E-state index in [0.717, 1.165) is 18.7 Å². The van der Waals surface area contributed by atoms with Crippen molar-refractivity contribution in [1.82, 2.24) is 4.90 Å². The van der Waals surface area contributed by atoms with Gasteiger partial charge in [0.1, 0.15) is 0 Å². The van der Waals surface area contributed by atoms with Crippen LogP contribution >= 0.6 is 24.0 Å². The summed E-state index contributed by atoms with van der Waals surface area (Å²) < 4.78 is 0.593. The Kier molecular flexibility index (Phi) is 4.12. The highest BCUT2D eigenvalue weighted by Crippen LogP contribution is 2.35. The van der Waals surface area contributed by atoms with Crippen LogP contribution in [-0.4, -0.2) is 28.7 Å². The lowest BCUT2D eigenvalue weighted by molar-refractivity contribution is -0.113. The van der Waals surface area contributed by atoms with Crippen molar-refractivity contribution < 1.29 is 4.79 Å². The average Bonchev–Trinajstić information content (AvgIpc) is 3.01. The standard InChI is InChI=1S/C16H16N2OS2/c1-17-11-5-8-12(17)9-10-14-15(19)18(16(20)21-14)13-6-3-2-4-7-13/h2-4,6-7,9-10H,5,8,11H2,1H3/b12-9-,14-10-. The first-order valence-corrected chi connectivity index (χ1v) is 8.12. The molecule has 1 aromatic carbocycles. The van der Waals surface area contributed by atoms with Gasteiger partial charge in [0.05, 0.1) is 10.6 Å². The fraction of sp³-hybridized carbons (Fsp3) is 0.250. The van der Waals surface area contributed by atoms with Crippen LogP contribution in [0, 0.1) is 0 Å². The van der Waals surface area contributed by atoms with E-state index in [9.17, 15) is 4.79 Å². The maximum absolute atomic E-state index is 12.5. The number of hydrogen-bond acceptors (Lipinski definition) is 4. The molecule has 0 spiro atoms. The van der Waals surface area contributed by atoms with Gasteiger partial charge in [-0.05, 0) is 37.1 Å². The molecule has 3 rings (SSSR count). The normalized spacial score (nSPS) is 22.9. The number of para-hydroxylation sites is 1. The van der Waals surface area contributed by atoms with E-state index in [2.05, 4.69) is 11.9 Å². The van der Waals surface area contributed by atoms with Crippen molar-refractivity contribution in [2.24, 2.45) is 0 Å². The van der Waals surface area contributed by atoms with E-state index in [1.165, 1.54) is 23.9 Å². The summed E-state index contributed by atoms with van der Waals surface area (Å²) in [6, 6.07) is 9.55. The van der Waals surface area contributed by atoms with Gasteiger partial charge in [0.15, 0.2) is 4.32 Å². The third-order valence-electron chi connectivity index (χ3n) is 3.65. The maximum atomic E-state index is 12.5. The van der Waals surface area contributed by atoms with Crippen molar-refractivity contribution in [3.05, 3.63) is 53.1 Å². The van der Waals surface area contributed by atoms with Gasteiger partial charge in [0.2, 0.25) is 0 Å². The molecular weight excluding hydrogens is 300 g/mol. The average molecular weight is 316 g/mol. The van der Waals surface area contributed by atoms with Gasteiger partial charge in [-0.3, -0.25) is 9.69 Å². The second-order valence-corrected chi connectivity index (χ2v) is 6.73. The summed E-state index contributed by atoms with van der Waals surface area (Å²) >= 11 is 6.71. The molecule has 1 amide bonds. The number of carbonyl (C=O) groups is 1. The molecule has 0 bridgehead atoms. The molecule has 2 aliphatic heterocycles. The van der Waals surface area contributed by atoms with E-state index in [4.69, 9.17) is 12.2 Å². The zero-order valence-electron chi connectivity index (χ0n) is 11.8. The zero-order valence-corrected chi connectivity index (χ0v) is 13.4. The molecule has 0 aromatic heterocycles. The van der Waals surface area contributed by atoms with Gasteiger partial charge >= 0.3 is 0 Å². The van der Waals surface area contributed by atoms with E-state index in [1.807, 2.05) is 42.5 Å². The van der Waals surface area contributed by atoms with Crippen LogP contribution < -0.4 is 4.90 Å². The van der Waals surface area contributed by atoms with Crippen LogP contribution in [0.15, 0.2) is 53.1 Å². The first-order valence-electron chi connectivity index (χ1n) is 6.90. The topological polar surface area (TPSA) is 23.6 Å². The molecule has 1 aromatic rings. The van der Waals surface area contributed by atoms with Crippen molar-refractivity contribution in [3.63, 3.8) is 0 Å². The molecule has 2 aliphatic rings. The smallest absolute Gasteiger partial charge is 0.270 e. The number of amides is 1. The lowest BCUT2D eigenvalue weighted by atomic mass is 10.2. The molecule has 108 valence electrons. The van der Waals surface area contributed by atoms with E-state index in [1.54, 1.807) is 4.90 Å². The molecule has 0 unspecified atom stereocenters. The SMILES string of the molecule is CN1CCC/C1=C/C=C1\SC(=S)N(c2ccccc2)C1=O. The summed E-state index contributed by atoms with van der Waals surface area (Å²) in [5, 5.41) is 0. The van der Waals surface area contributed by atoms with E-state index in [0.29, 0.717) is 9.23 Å². The predicted molar refractivity (Wildman–Crippen MR) is 92.1 cm³/mol. The molecule has 3 nitrogen and oxygen atoms in total. The minimum absolute atomic E-state index is 0.0336. The fourth-order valence-corrected chi connectivity index (χ4v) is 3.74. The van der Waals surface area contributed by atoms with Crippen molar-refractivity contribution >= 4 is 39.9 Å². The van der Waals surface area contributed by atoms with Crippen molar-refractivity contribution in [1.29, 1.82) is 0 Å². The molecule has 5 heteroatoms. The summed E-state index contributed by atoms with van der Waals surface area (Å²) in [6.07, 6.45) is 6.21. The first-order chi connectivity index (χ1) is 10.2. The Balaban J connectivity index is 1.84. The molecule has 0 aliphatic carbocycles. The van der Waals surface area contributed by atoms with Gasteiger partial charge in [0.25, 0.3) is 5.91 Å². The lowest BCUT2D eigenvalue weighted by Crippen LogP contribution is -2.27. The molecule has 2 fully saturated rings. The minimum Gasteiger partial charge on any atom is -0.378 e. The molecular formula is C16H16N2OS2. The molecule has 2 saturated heterocycles. The molecule has 0 saturated carbocycles. The van der Waals surface area contributed by atoms with Gasteiger partial charge in [0, 0.05) is 19.3 Å². The largest absolute Gasteiger partial charge is 0.378 e. The number of benzene rings is 1. The highest BCUT2D eigenvalue weighted by molar-refractivity contribution is 8.27. The highest BCUT2D eigenvalue weighted by atomic mass is 32.2. The van der Waals surface area contributed by atoms with Crippen LogP contribution in [0.25, 0.3) is 0 Å². The monoisotopic (exact) mass is 316 g/mol. The van der Waals surface area contributed by atoms with E-state index in [-0.39, 0.29) is 5.91 Å². The second kappa shape index (κ2) is 6.03. The quantitative estimate of drug-likeness (QED) is 0.615. The zero-order chi connectivity index (χ0) is 14.8. The maximum Gasteiger partial charge on any atom is 0.270 e. The summed E-state index contributed by atoms with van der Waals surface area (Å²) in [5.74, 6) is -0.0336. The Morgan fingerprint density at radius 3 is 2.67 bits per heavy atom. The van der Waals surface area contributed by atoms with Crippen molar-refractivity contribution in [2.75, 3.05) is 18.5 Å². The summed E-state index contributed by atoms with van der Waals surface area (Å²) in [6.45, 7) is 1.09. The number of rotatable bonds is 2. The lowest BCUT2D eigenvalue weighted by Gasteiger charge is -2.13. The molecule has 0 radical (unpaired) electrons. The Morgan fingerprint density at radius 1 is 1.24 bits per heavy atom. The van der Waals surface area contributed by atoms with Crippen LogP contribution in [0.4, 0.5) is 5.69 Å². The summed E-state index contributed by atoms with van der Waals surface area (Å²) in [4.78, 5) is 17.0. The van der Waals surface area contributed by atoms with E-state index >= 15 is 0 Å². The summed E-state index contributed by atoms with van der Waals surface area (Å²) in [7, 11) is 2.09. The van der Waals surface area contributed by atoms with Crippen molar-refractivity contribution in [3.8, 4) is 0 Å². The fourth-order valence-electron chi connectivity index (χ4n) is 2.50. The van der Waals surface area contributed by atoms with Crippen LogP contribution in [0.2, 0.25) is 0 Å². The molecule has 2 heterocycles. The number of anilines is 1. The molecule has 0 atom stereocenters. The Morgan fingerprint density at radius 2 is 2.00 bits per heavy atom.